The number of unbranched alkanes of at least 4 members (excludes halogenated alkanes) is 1. The second-order valence-electron chi connectivity index (χ2n) is 9.19. The molecule has 0 spiro atoms. The van der Waals surface area contributed by atoms with Crippen LogP contribution in [0.3, 0.4) is 0 Å². The third kappa shape index (κ3) is 4.95. The molecule has 0 bridgehead atoms. The third-order valence-corrected chi connectivity index (χ3v) is 6.28. The summed E-state index contributed by atoms with van der Waals surface area (Å²) in [4.78, 5) is 25.5. The number of hydrogen-bond acceptors (Lipinski definition) is 7. The van der Waals surface area contributed by atoms with E-state index in [0.29, 0.717) is 32.2 Å². The van der Waals surface area contributed by atoms with E-state index in [4.69, 9.17) is 14.0 Å². The van der Waals surface area contributed by atoms with Gasteiger partial charge in [0.15, 0.2) is 0 Å². The van der Waals surface area contributed by atoms with E-state index in [2.05, 4.69) is 28.7 Å². The van der Waals surface area contributed by atoms with Crippen LogP contribution in [0.5, 0.6) is 0 Å². The summed E-state index contributed by atoms with van der Waals surface area (Å²) in [7, 11) is -0.467. The Morgan fingerprint density at radius 1 is 1.20 bits per heavy atom. The highest BCUT2D eigenvalue weighted by atomic mass is 16.7. The van der Waals surface area contributed by atoms with Crippen LogP contribution in [-0.4, -0.2) is 78.0 Å². The molecule has 8 nitrogen and oxygen atoms in total. The molecule has 2 aliphatic rings. The van der Waals surface area contributed by atoms with Crippen molar-refractivity contribution in [3.8, 4) is 0 Å². The molecular formula is C21H35BN4O4. The van der Waals surface area contributed by atoms with E-state index in [1.165, 1.54) is 0 Å². The molecule has 1 amide bonds. The van der Waals surface area contributed by atoms with Crippen molar-refractivity contribution in [2.24, 2.45) is 0 Å². The van der Waals surface area contributed by atoms with Gasteiger partial charge in [0.1, 0.15) is 6.61 Å². The molecule has 2 aliphatic heterocycles. The van der Waals surface area contributed by atoms with E-state index in [1.807, 2.05) is 32.6 Å². The molecule has 0 N–H and O–H groups in total. The fourth-order valence-electron chi connectivity index (χ4n) is 3.59. The second kappa shape index (κ2) is 9.20. The number of hydrogen-bond donors (Lipinski definition) is 0. The minimum Gasteiger partial charge on any atom is -0.399 e. The molecule has 0 unspecified atom stereocenters. The topological polar surface area (TPSA) is 77.0 Å². The summed E-state index contributed by atoms with van der Waals surface area (Å²) < 4.78 is 17.6. The number of piperazine rings is 1. The molecular weight excluding hydrogens is 383 g/mol. The lowest BCUT2D eigenvalue weighted by Crippen LogP contribution is -2.55. The number of anilines is 1. The van der Waals surface area contributed by atoms with Crippen LogP contribution in [0.2, 0.25) is 0 Å². The first-order valence-electron chi connectivity index (χ1n) is 10.9. The molecule has 0 aromatic carbocycles. The molecule has 0 aliphatic carbocycles. The largest absolute Gasteiger partial charge is 0.498 e. The summed E-state index contributed by atoms with van der Waals surface area (Å²) in [5.74, 6) is 0.712. The average molecular weight is 418 g/mol. The zero-order valence-corrected chi connectivity index (χ0v) is 19.2. The summed E-state index contributed by atoms with van der Waals surface area (Å²) in [5, 5.41) is 0. The standard InChI is InChI=1S/C21H35BN4O4/c1-7-8-11-28-15-18(27)26-10-9-25(14-16(26)2)19-23-12-17(13-24-19)22-29-20(3,4)21(5,6)30-22/h12-13,16H,7-11,14-15H2,1-6H3/t16-/m0/s1. The molecule has 1 aromatic rings. The van der Waals surface area contributed by atoms with Gasteiger partial charge in [-0.1, -0.05) is 13.3 Å². The predicted molar refractivity (Wildman–Crippen MR) is 117 cm³/mol. The lowest BCUT2D eigenvalue weighted by Gasteiger charge is -2.39. The van der Waals surface area contributed by atoms with E-state index in [9.17, 15) is 4.79 Å². The Kier molecular flexibility index (Phi) is 7.04. The summed E-state index contributed by atoms with van der Waals surface area (Å²) in [6.07, 6.45) is 5.59. The Bertz CT molecular complexity index is 712. The van der Waals surface area contributed by atoms with Crippen molar-refractivity contribution in [2.45, 2.75) is 71.6 Å². The van der Waals surface area contributed by atoms with Crippen LogP contribution in [0.1, 0.15) is 54.4 Å². The normalized spacial score (nSPS) is 23.1. The SMILES string of the molecule is CCCCOCC(=O)N1CCN(c2ncc(B3OC(C)(C)C(C)(C)O3)cn2)C[C@@H]1C. The van der Waals surface area contributed by atoms with E-state index in [-0.39, 0.29) is 18.6 Å². The Balaban J connectivity index is 1.55. The smallest absolute Gasteiger partial charge is 0.399 e. The van der Waals surface area contributed by atoms with Crippen LogP contribution in [0.25, 0.3) is 0 Å². The second-order valence-corrected chi connectivity index (χ2v) is 9.19. The van der Waals surface area contributed by atoms with Crippen LogP contribution >= 0.6 is 0 Å². The van der Waals surface area contributed by atoms with Gasteiger partial charge in [0.25, 0.3) is 0 Å². The lowest BCUT2D eigenvalue weighted by atomic mass is 9.81. The van der Waals surface area contributed by atoms with E-state index in [1.54, 1.807) is 12.4 Å². The molecule has 3 heterocycles. The summed E-state index contributed by atoms with van der Waals surface area (Å²) >= 11 is 0. The molecule has 2 saturated heterocycles. The number of rotatable bonds is 7. The minimum atomic E-state index is -0.467. The number of amides is 1. The molecule has 1 aromatic heterocycles. The Labute approximate surface area is 180 Å². The van der Waals surface area contributed by atoms with Crippen LogP contribution < -0.4 is 10.4 Å². The Morgan fingerprint density at radius 2 is 1.83 bits per heavy atom. The highest BCUT2D eigenvalue weighted by molar-refractivity contribution is 6.61. The first kappa shape index (κ1) is 23.0. The maximum absolute atomic E-state index is 12.4. The van der Waals surface area contributed by atoms with Gasteiger partial charge in [0.05, 0.1) is 11.2 Å². The van der Waals surface area contributed by atoms with Crippen LogP contribution in [0, 0.1) is 0 Å². The zero-order valence-electron chi connectivity index (χ0n) is 19.2. The molecule has 2 fully saturated rings. The molecule has 3 rings (SSSR count). The number of carbonyl (C=O) groups excluding carboxylic acids is 1. The molecule has 0 saturated carbocycles. The van der Waals surface area contributed by atoms with Gasteiger partial charge in [-0.2, -0.15) is 0 Å². The van der Waals surface area contributed by atoms with Gasteiger partial charge in [-0.3, -0.25) is 4.79 Å². The van der Waals surface area contributed by atoms with Crippen molar-refractivity contribution in [2.75, 3.05) is 37.7 Å². The Morgan fingerprint density at radius 3 is 2.40 bits per heavy atom. The van der Waals surface area contributed by atoms with Crippen molar-refractivity contribution >= 4 is 24.4 Å². The predicted octanol–water partition coefficient (Wildman–Crippen LogP) is 1.63. The molecule has 9 heteroatoms. The van der Waals surface area contributed by atoms with Crippen molar-refractivity contribution in [1.29, 1.82) is 0 Å². The van der Waals surface area contributed by atoms with Crippen molar-refractivity contribution in [3.05, 3.63) is 12.4 Å². The number of aromatic nitrogens is 2. The minimum absolute atomic E-state index is 0.0512. The number of ether oxygens (including phenoxy) is 1. The fraction of sp³-hybridized carbons (Fsp3) is 0.762. The monoisotopic (exact) mass is 418 g/mol. The van der Waals surface area contributed by atoms with E-state index < -0.39 is 18.3 Å². The maximum Gasteiger partial charge on any atom is 0.498 e. The van der Waals surface area contributed by atoms with Crippen molar-refractivity contribution in [1.82, 2.24) is 14.9 Å². The Hall–Kier alpha value is -1.71. The number of carbonyl (C=O) groups is 1. The van der Waals surface area contributed by atoms with Gasteiger partial charge in [-0.25, -0.2) is 9.97 Å². The van der Waals surface area contributed by atoms with Gasteiger partial charge in [0.2, 0.25) is 11.9 Å². The molecule has 1 atom stereocenters. The van der Waals surface area contributed by atoms with Crippen molar-refractivity contribution in [3.63, 3.8) is 0 Å². The highest BCUT2D eigenvalue weighted by Gasteiger charge is 2.52. The van der Waals surface area contributed by atoms with Gasteiger partial charge in [0, 0.05) is 50.1 Å². The summed E-state index contributed by atoms with van der Waals surface area (Å²) in [6, 6.07) is 0.0763. The summed E-state index contributed by atoms with van der Waals surface area (Å²) in [5.41, 5.74) is 0.0209. The number of nitrogens with zero attached hydrogens (tertiary/aromatic N) is 4. The summed E-state index contributed by atoms with van der Waals surface area (Å²) in [6.45, 7) is 15.1. The van der Waals surface area contributed by atoms with E-state index in [0.717, 1.165) is 18.3 Å². The molecule has 30 heavy (non-hydrogen) atoms. The van der Waals surface area contributed by atoms with Gasteiger partial charge in [-0.15, -0.1) is 0 Å². The van der Waals surface area contributed by atoms with Gasteiger partial charge < -0.3 is 23.8 Å². The van der Waals surface area contributed by atoms with Crippen LogP contribution in [0.4, 0.5) is 5.95 Å². The van der Waals surface area contributed by atoms with Crippen molar-refractivity contribution < 1.29 is 18.8 Å². The van der Waals surface area contributed by atoms with Crippen LogP contribution in [-0.2, 0) is 18.8 Å². The van der Waals surface area contributed by atoms with E-state index >= 15 is 0 Å². The van der Waals surface area contributed by atoms with Crippen LogP contribution in [0.15, 0.2) is 12.4 Å². The zero-order chi connectivity index (χ0) is 21.9. The maximum atomic E-state index is 12.4. The quantitative estimate of drug-likeness (QED) is 0.492. The molecule has 0 radical (unpaired) electrons. The highest BCUT2D eigenvalue weighted by Crippen LogP contribution is 2.36. The molecule has 166 valence electrons. The van der Waals surface area contributed by atoms with Gasteiger partial charge >= 0.3 is 7.12 Å². The lowest BCUT2D eigenvalue weighted by molar-refractivity contribution is -0.138. The van der Waals surface area contributed by atoms with Gasteiger partial charge in [-0.05, 0) is 41.0 Å². The first-order chi connectivity index (χ1) is 14.1. The first-order valence-corrected chi connectivity index (χ1v) is 10.9. The average Bonchev–Trinajstić information content (AvgIpc) is 2.92. The fourth-order valence-corrected chi connectivity index (χ4v) is 3.59. The third-order valence-electron chi connectivity index (χ3n) is 6.28.